The maximum Gasteiger partial charge on any atom is 0.410 e. The zero-order valence-corrected chi connectivity index (χ0v) is 47.6. The molecule has 0 aromatic carbocycles. The third-order valence-corrected chi connectivity index (χ3v) is 17.5. The summed E-state index contributed by atoms with van der Waals surface area (Å²) in [6.07, 6.45) is 9.41. The van der Waals surface area contributed by atoms with Crippen molar-refractivity contribution in [3.63, 3.8) is 0 Å². The maximum atomic E-state index is 16.6. The molecule has 3 unspecified atom stereocenters. The van der Waals surface area contributed by atoms with E-state index < -0.39 is 53.2 Å². The van der Waals surface area contributed by atoms with Crippen LogP contribution in [0.4, 0.5) is 25.2 Å². The van der Waals surface area contributed by atoms with E-state index >= 15 is 8.78 Å². The SMILES string of the molecule is Cc1n[nH]c(C)c1-c1ccc(NC(=O)[C@@H](NC(=O)c2ccnn2CC2CNC2)C(C2CC2)C2CC2Cc2n[nH]c(C)c2-c2ccc(NC(=O)[C@@H](NC(=O)c3ccnn3CC3CN(C(=O)OC(C)(C)C)C3)C(C3CC3)C3CC3)nc2F)nc1F. The fourth-order valence-electron chi connectivity index (χ4n) is 12.8. The minimum Gasteiger partial charge on any atom is -0.444 e. The standard InChI is InChI=1S/C59H72F2N16O6/c1-29-46(30(2)72-71-29)38-13-15-44(65-52(38)60)68-57(81)51(70-55(79)42-17-19-63-76(42)27-32-23-62-24-32)49(36-11-12-36)40-21-37(40)22-41-47(31(3)73-74-41)39-14-16-45(66-53(39)61)67-56(80)50(48(34-7-8-34)35-9-10-35)69-54(78)43-18-20-64-77(43)28-33-25-75(26-33)58(82)83-59(4,5)6/h13-20,32-37,40,48-51,62H,7-12,21-28H2,1-6H3,(H,69,78)(H,70,79)(H,71,72)(H,73,74)(H,65,68,81)(H,66,67,80)/t37?,40?,49?,50-,51-/m0/s1. The number of nitrogens with zero attached hydrogens (tertiary/aromatic N) is 9. The fourth-order valence-corrected chi connectivity index (χ4v) is 12.8. The van der Waals surface area contributed by atoms with Crippen molar-refractivity contribution in [3.05, 3.63) is 94.9 Å². The van der Waals surface area contributed by atoms with E-state index in [1.54, 1.807) is 83.8 Å². The lowest BCUT2D eigenvalue weighted by atomic mass is 9.86. The number of halogens is 2. The average Bonchev–Trinajstić information content (AvgIpc) is 4.30. The molecule has 5 amide bonds. The largest absolute Gasteiger partial charge is 0.444 e. The second-order valence-corrected chi connectivity index (χ2v) is 25.0. The maximum absolute atomic E-state index is 16.6. The number of H-pyrrole nitrogens is 2. The molecule has 438 valence electrons. The quantitative estimate of drug-likeness (QED) is 0.0347. The fraction of sp³-hybridized carbons (Fsp3) is 0.542. The lowest BCUT2D eigenvalue weighted by Gasteiger charge is -2.39. The summed E-state index contributed by atoms with van der Waals surface area (Å²) in [6, 6.07) is 7.56. The highest BCUT2D eigenvalue weighted by molar-refractivity contribution is 6.01. The van der Waals surface area contributed by atoms with Crippen molar-refractivity contribution in [2.45, 2.75) is 124 Å². The Morgan fingerprint density at radius 2 is 1.18 bits per heavy atom. The minimum absolute atomic E-state index is 0.000146. The van der Waals surface area contributed by atoms with Crippen LogP contribution in [-0.2, 0) is 33.8 Å². The highest BCUT2D eigenvalue weighted by Gasteiger charge is 2.54. The monoisotopic (exact) mass is 1140 g/mol. The van der Waals surface area contributed by atoms with Gasteiger partial charge in [0.25, 0.3) is 11.8 Å². The predicted molar refractivity (Wildman–Crippen MR) is 300 cm³/mol. The summed E-state index contributed by atoms with van der Waals surface area (Å²) in [4.78, 5) is 80.2. The zero-order valence-electron chi connectivity index (χ0n) is 47.6. The Kier molecular flexibility index (Phi) is 15.0. The van der Waals surface area contributed by atoms with Crippen molar-refractivity contribution >= 4 is 41.4 Å². The van der Waals surface area contributed by atoms with Gasteiger partial charge in [-0.1, -0.05) is 0 Å². The first-order valence-corrected chi connectivity index (χ1v) is 29.2. The van der Waals surface area contributed by atoms with Gasteiger partial charge in [-0.3, -0.25) is 38.7 Å². The molecule has 0 radical (unpaired) electrons. The highest BCUT2D eigenvalue weighted by Crippen LogP contribution is 2.56. The van der Waals surface area contributed by atoms with E-state index in [1.807, 2.05) is 20.8 Å². The summed E-state index contributed by atoms with van der Waals surface area (Å²) < 4.78 is 41.1. The molecule has 12 rings (SSSR count). The Labute approximate surface area is 478 Å². The van der Waals surface area contributed by atoms with Gasteiger partial charge in [-0.15, -0.1) is 0 Å². The number of ether oxygens (including phenoxy) is 1. The molecule has 4 saturated carbocycles. The van der Waals surface area contributed by atoms with E-state index in [0.29, 0.717) is 90.2 Å². The van der Waals surface area contributed by atoms with Crippen LogP contribution in [0.1, 0.15) is 109 Å². The van der Waals surface area contributed by atoms with Crippen LogP contribution in [0.15, 0.2) is 48.8 Å². The van der Waals surface area contributed by atoms with E-state index in [4.69, 9.17) is 4.74 Å². The number of anilines is 2. The highest BCUT2D eigenvalue weighted by atomic mass is 19.1. The normalized spacial score (nSPS) is 20.0. The molecule has 22 nitrogen and oxygen atoms in total. The molecule has 0 bridgehead atoms. The van der Waals surface area contributed by atoms with Crippen LogP contribution in [0.2, 0.25) is 0 Å². The number of pyridine rings is 2. The Morgan fingerprint density at radius 3 is 1.67 bits per heavy atom. The number of rotatable bonds is 22. The Hall–Kier alpha value is -7.89. The van der Waals surface area contributed by atoms with E-state index in [9.17, 15) is 24.0 Å². The smallest absolute Gasteiger partial charge is 0.410 e. The predicted octanol–water partition coefficient (Wildman–Crippen LogP) is 6.75. The van der Waals surface area contributed by atoms with Gasteiger partial charge >= 0.3 is 6.09 Å². The third kappa shape index (κ3) is 12.1. The molecule has 6 fully saturated rings. The molecule has 6 aromatic rings. The molecule has 8 heterocycles. The number of nitrogens with one attached hydrogen (secondary N) is 7. The minimum atomic E-state index is -1.02. The lowest BCUT2D eigenvalue weighted by Crippen LogP contribution is -2.53. The summed E-state index contributed by atoms with van der Waals surface area (Å²) in [6.45, 7) is 14.3. The number of aryl methyl sites for hydroxylation is 3. The van der Waals surface area contributed by atoms with Crippen LogP contribution in [0.25, 0.3) is 22.3 Å². The second kappa shape index (κ2) is 22.4. The summed E-state index contributed by atoms with van der Waals surface area (Å²) in [5.41, 5.74) is 4.10. The van der Waals surface area contributed by atoms with Gasteiger partial charge in [0.2, 0.25) is 23.7 Å². The van der Waals surface area contributed by atoms with Crippen molar-refractivity contribution in [2.24, 2.45) is 53.3 Å². The number of carbonyl (C=O) groups excluding carboxylic acids is 5. The Morgan fingerprint density at radius 1 is 0.675 bits per heavy atom. The third-order valence-electron chi connectivity index (χ3n) is 17.5. The molecule has 0 spiro atoms. The Balaban J connectivity index is 0.737. The number of amides is 5. The van der Waals surface area contributed by atoms with Crippen molar-refractivity contribution in [1.82, 2.24) is 70.8 Å². The molecule has 5 atom stereocenters. The number of aromatic nitrogens is 10. The first-order valence-electron chi connectivity index (χ1n) is 29.2. The molecular formula is C59H72F2N16O6. The average molecular weight is 1140 g/mol. The number of carbonyl (C=O) groups is 5. The van der Waals surface area contributed by atoms with Crippen LogP contribution >= 0.6 is 0 Å². The first kappa shape index (κ1) is 55.6. The van der Waals surface area contributed by atoms with Crippen molar-refractivity contribution in [3.8, 4) is 22.3 Å². The molecule has 83 heavy (non-hydrogen) atoms. The molecule has 7 N–H and O–H groups in total. The molecule has 4 aliphatic carbocycles. The van der Waals surface area contributed by atoms with Crippen LogP contribution in [-0.4, -0.2) is 128 Å². The van der Waals surface area contributed by atoms with E-state index in [2.05, 4.69) is 67.1 Å². The van der Waals surface area contributed by atoms with E-state index in [1.165, 1.54) is 0 Å². The van der Waals surface area contributed by atoms with Crippen LogP contribution in [0, 0.1) is 85.9 Å². The van der Waals surface area contributed by atoms with Crippen molar-refractivity contribution in [2.75, 3.05) is 36.8 Å². The summed E-state index contributed by atoms with van der Waals surface area (Å²) in [5.74, 6) is -2.90. The van der Waals surface area contributed by atoms with E-state index in [0.717, 1.165) is 51.6 Å². The van der Waals surface area contributed by atoms with E-state index in [-0.39, 0.29) is 76.2 Å². The van der Waals surface area contributed by atoms with Gasteiger partial charge in [-0.25, -0.2) is 14.8 Å². The summed E-state index contributed by atoms with van der Waals surface area (Å²) in [7, 11) is 0. The first-order chi connectivity index (χ1) is 39.8. The Bertz CT molecular complexity index is 3420. The van der Waals surface area contributed by atoms with Crippen LogP contribution in [0.3, 0.4) is 0 Å². The lowest BCUT2D eigenvalue weighted by molar-refractivity contribution is -0.120. The van der Waals surface area contributed by atoms with Gasteiger partial charge in [0.15, 0.2) is 0 Å². The van der Waals surface area contributed by atoms with Crippen molar-refractivity contribution in [1.29, 1.82) is 0 Å². The zero-order chi connectivity index (χ0) is 58.0. The second-order valence-electron chi connectivity index (χ2n) is 25.0. The summed E-state index contributed by atoms with van der Waals surface area (Å²) >= 11 is 0. The van der Waals surface area contributed by atoms with Gasteiger partial charge in [-0.05, 0) is 171 Å². The van der Waals surface area contributed by atoms with Crippen molar-refractivity contribution < 1.29 is 37.5 Å². The summed E-state index contributed by atoms with van der Waals surface area (Å²) in [5, 5.41) is 38.8. The molecule has 6 aliphatic rings. The topological polar surface area (TPSA) is 277 Å². The number of hydrogen-bond donors (Lipinski definition) is 7. The van der Waals surface area contributed by atoms with Gasteiger partial charge in [-0.2, -0.15) is 29.2 Å². The van der Waals surface area contributed by atoms with Crippen LogP contribution in [0.5, 0.6) is 0 Å². The molecule has 2 saturated heterocycles. The number of hydrogen-bond acceptors (Lipinski definition) is 13. The number of likely N-dealkylation sites (tertiary alicyclic amines) is 1. The van der Waals surface area contributed by atoms with Gasteiger partial charge in [0, 0.05) is 97.1 Å². The molecular weight excluding hydrogens is 1070 g/mol. The van der Waals surface area contributed by atoms with Gasteiger partial charge < -0.3 is 36.2 Å². The molecule has 6 aromatic heterocycles. The number of aromatic amines is 2. The van der Waals surface area contributed by atoms with Gasteiger partial charge in [0.05, 0.1) is 11.4 Å². The van der Waals surface area contributed by atoms with Gasteiger partial charge in [0.1, 0.15) is 40.7 Å². The molecule has 24 heteroatoms. The molecule has 2 aliphatic heterocycles. The van der Waals surface area contributed by atoms with Crippen LogP contribution < -0.4 is 26.6 Å².